The van der Waals surface area contributed by atoms with Crippen molar-refractivity contribution >= 4 is 0 Å². The van der Waals surface area contributed by atoms with E-state index in [4.69, 9.17) is 14.5 Å². The van der Waals surface area contributed by atoms with Crippen LogP contribution in [-0.4, -0.2) is 25.4 Å². The van der Waals surface area contributed by atoms with Crippen LogP contribution in [0.4, 0.5) is 0 Å². The Labute approximate surface area is 53.8 Å². The van der Waals surface area contributed by atoms with Crippen LogP contribution >= 0.6 is 0 Å². The number of hydrogen-bond donors (Lipinski definition) is 0. The van der Waals surface area contributed by atoms with E-state index >= 15 is 0 Å². The SMILES string of the molecule is C1COOC(C2CO2)C1. The van der Waals surface area contributed by atoms with E-state index in [1.165, 1.54) is 0 Å². The lowest BCUT2D eigenvalue weighted by Crippen LogP contribution is -2.25. The topological polar surface area (TPSA) is 31.0 Å². The highest BCUT2D eigenvalue weighted by atomic mass is 17.2. The summed E-state index contributed by atoms with van der Waals surface area (Å²) >= 11 is 0. The molecule has 9 heavy (non-hydrogen) atoms. The van der Waals surface area contributed by atoms with Crippen molar-refractivity contribution in [2.24, 2.45) is 0 Å². The van der Waals surface area contributed by atoms with E-state index in [-0.39, 0.29) is 6.10 Å². The van der Waals surface area contributed by atoms with E-state index in [1.807, 2.05) is 0 Å². The molecule has 0 aromatic carbocycles. The highest BCUT2D eigenvalue weighted by molar-refractivity contribution is 4.79. The van der Waals surface area contributed by atoms with Crippen LogP contribution in [0.1, 0.15) is 12.8 Å². The lowest BCUT2D eigenvalue weighted by molar-refractivity contribution is -0.347. The van der Waals surface area contributed by atoms with E-state index in [0.717, 1.165) is 26.1 Å². The molecule has 2 heterocycles. The fourth-order valence-corrected chi connectivity index (χ4v) is 1.05. The molecular formula is C6H10O3. The molecule has 0 bridgehead atoms. The van der Waals surface area contributed by atoms with Gasteiger partial charge in [0.1, 0.15) is 12.2 Å². The third-order valence-electron chi connectivity index (χ3n) is 1.68. The molecule has 0 aromatic rings. The Morgan fingerprint density at radius 3 is 2.67 bits per heavy atom. The first-order valence-electron chi connectivity index (χ1n) is 3.37. The van der Waals surface area contributed by atoms with Crippen LogP contribution in [0.5, 0.6) is 0 Å². The van der Waals surface area contributed by atoms with Crippen molar-refractivity contribution in [3.63, 3.8) is 0 Å². The molecule has 0 amide bonds. The van der Waals surface area contributed by atoms with E-state index in [9.17, 15) is 0 Å². The molecule has 0 aliphatic carbocycles. The molecule has 0 saturated carbocycles. The van der Waals surface area contributed by atoms with Crippen LogP contribution in [0.3, 0.4) is 0 Å². The van der Waals surface area contributed by atoms with Gasteiger partial charge in [0.25, 0.3) is 0 Å². The maximum absolute atomic E-state index is 5.04. The van der Waals surface area contributed by atoms with Crippen molar-refractivity contribution in [1.82, 2.24) is 0 Å². The fraction of sp³-hybridized carbons (Fsp3) is 1.00. The van der Waals surface area contributed by atoms with E-state index < -0.39 is 0 Å². The van der Waals surface area contributed by atoms with Crippen LogP contribution in [0, 0.1) is 0 Å². The average molecular weight is 130 g/mol. The lowest BCUT2D eigenvalue weighted by Gasteiger charge is -2.18. The Morgan fingerprint density at radius 2 is 2.11 bits per heavy atom. The minimum absolute atomic E-state index is 0.221. The first-order chi connectivity index (χ1) is 4.47. The average Bonchev–Trinajstić information content (AvgIpc) is 2.71. The van der Waals surface area contributed by atoms with E-state index in [0.29, 0.717) is 6.10 Å². The van der Waals surface area contributed by atoms with Crippen molar-refractivity contribution in [1.29, 1.82) is 0 Å². The normalized spacial score (nSPS) is 42.7. The molecule has 3 heteroatoms. The molecular weight excluding hydrogens is 120 g/mol. The second-order valence-electron chi connectivity index (χ2n) is 2.47. The number of epoxide rings is 1. The zero-order chi connectivity index (χ0) is 6.10. The maximum atomic E-state index is 5.04. The van der Waals surface area contributed by atoms with Gasteiger partial charge in [0.2, 0.25) is 0 Å². The van der Waals surface area contributed by atoms with Gasteiger partial charge in [-0.2, -0.15) is 0 Å². The van der Waals surface area contributed by atoms with Crippen LogP contribution in [0.2, 0.25) is 0 Å². The highest BCUT2D eigenvalue weighted by Gasteiger charge is 2.35. The first-order valence-corrected chi connectivity index (χ1v) is 3.37. The second kappa shape index (κ2) is 2.25. The van der Waals surface area contributed by atoms with Gasteiger partial charge >= 0.3 is 0 Å². The quantitative estimate of drug-likeness (QED) is 0.382. The number of hydrogen-bond acceptors (Lipinski definition) is 3. The summed E-state index contributed by atoms with van der Waals surface area (Å²) in [4.78, 5) is 9.78. The molecule has 2 aliphatic rings. The third-order valence-corrected chi connectivity index (χ3v) is 1.68. The molecule has 0 N–H and O–H groups in total. The van der Waals surface area contributed by atoms with E-state index in [2.05, 4.69) is 0 Å². The number of ether oxygens (including phenoxy) is 1. The molecule has 52 valence electrons. The Bertz CT molecular complexity index is 94.5. The predicted octanol–water partition coefficient (Wildman–Crippen LogP) is 0.496. The van der Waals surface area contributed by atoms with Crippen LogP contribution in [0.25, 0.3) is 0 Å². The lowest BCUT2D eigenvalue weighted by atomic mass is 10.1. The largest absolute Gasteiger partial charge is 0.370 e. The van der Waals surface area contributed by atoms with Crippen LogP contribution < -0.4 is 0 Å². The molecule has 2 atom stereocenters. The van der Waals surface area contributed by atoms with Crippen molar-refractivity contribution in [2.45, 2.75) is 25.0 Å². The molecule has 2 rings (SSSR count). The van der Waals surface area contributed by atoms with Gasteiger partial charge in [0.05, 0.1) is 13.2 Å². The van der Waals surface area contributed by atoms with Gasteiger partial charge in [-0.3, -0.25) is 0 Å². The molecule has 0 spiro atoms. The third kappa shape index (κ3) is 1.23. The summed E-state index contributed by atoms with van der Waals surface area (Å²) in [5.74, 6) is 0. The van der Waals surface area contributed by atoms with Crippen molar-refractivity contribution in [3.8, 4) is 0 Å². The first kappa shape index (κ1) is 5.65. The van der Waals surface area contributed by atoms with Gasteiger partial charge in [-0.25, -0.2) is 9.78 Å². The Balaban J connectivity index is 1.80. The standard InChI is InChI=1S/C6H10O3/c1-2-5(6-4-7-6)9-8-3-1/h5-6H,1-4H2. The van der Waals surface area contributed by atoms with Crippen molar-refractivity contribution < 1.29 is 14.5 Å². The molecule has 3 nitrogen and oxygen atoms in total. The monoisotopic (exact) mass is 130 g/mol. The summed E-state index contributed by atoms with van der Waals surface area (Å²) in [5.41, 5.74) is 0. The zero-order valence-electron chi connectivity index (χ0n) is 5.21. The molecule has 2 fully saturated rings. The summed E-state index contributed by atoms with van der Waals surface area (Å²) in [6.07, 6.45) is 2.75. The van der Waals surface area contributed by atoms with Gasteiger partial charge in [0.15, 0.2) is 0 Å². The smallest absolute Gasteiger partial charge is 0.121 e. The Morgan fingerprint density at radius 1 is 1.22 bits per heavy atom. The van der Waals surface area contributed by atoms with Crippen molar-refractivity contribution in [2.75, 3.05) is 13.2 Å². The summed E-state index contributed by atoms with van der Waals surface area (Å²) in [7, 11) is 0. The minimum atomic E-state index is 0.221. The highest BCUT2D eigenvalue weighted by Crippen LogP contribution is 2.23. The van der Waals surface area contributed by atoms with Gasteiger partial charge in [-0.05, 0) is 12.8 Å². The predicted molar refractivity (Wildman–Crippen MR) is 29.8 cm³/mol. The summed E-state index contributed by atoms with van der Waals surface area (Å²) in [6, 6.07) is 0. The molecule has 0 radical (unpaired) electrons. The zero-order valence-corrected chi connectivity index (χ0v) is 5.21. The second-order valence-corrected chi connectivity index (χ2v) is 2.47. The summed E-state index contributed by atoms with van der Waals surface area (Å²) in [6.45, 7) is 1.59. The summed E-state index contributed by atoms with van der Waals surface area (Å²) in [5, 5.41) is 0. The minimum Gasteiger partial charge on any atom is -0.370 e. The molecule has 2 aliphatic heterocycles. The Hall–Kier alpha value is -0.120. The van der Waals surface area contributed by atoms with Crippen LogP contribution in [-0.2, 0) is 14.5 Å². The maximum Gasteiger partial charge on any atom is 0.121 e. The van der Waals surface area contributed by atoms with Gasteiger partial charge in [0, 0.05) is 0 Å². The summed E-state index contributed by atoms with van der Waals surface area (Å²) < 4.78 is 5.04. The molecule has 0 aromatic heterocycles. The van der Waals surface area contributed by atoms with Crippen LogP contribution in [0.15, 0.2) is 0 Å². The van der Waals surface area contributed by atoms with Crippen molar-refractivity contribution in [3.05, 3.63) is 0 Å². The van der Waals surface area contributed by atoms with E-state index in [1.54, 1.807) is 0 Å². The van der Waals surface area contributed by atoms with Gasteiger partial charge in [-0.15, -0.1) is 0 Å². The van der Waals surface area contributed by atoms with Gasteiger partial charge < -0.3 is 4.74 Å². The Kier molecular flexibility index (Phi) is 1.41. The molecule has 2 unspecified atom stereocenters. The molecule has 2 saturated heterocycles. The number of rotatable bonds is 1. The van der Waals surface area contributed by atoms with Gasteiger partial charge in [-0.1, -0.05) is 0 Å². The fourth-order valence-electron chi connectivity index (χ4n) is 1.05.